The molecule has 0 aliphatic carbocycles. The summed E-state index contributed by atoms with van der Waals surface area (Å²) in [4.78, 5) is 42.0. The first kappa shape index (κ1) is 21.0. The fraction of sp³-hybridized carbons (Fsp3) is 0.217. The molecule has 0 fully saturated rings. The molecule has 0 spiro atoms. The van der Waals surface area contributed by atoms with E-state index < -0.39 is 23.8 Å². The van der Waals surface area contributed by atoms with Crippen molar-refractivity contribution in [3.8, 4) is 22.8 Å². The van der Waals surface area contributed by atoms with E-state index in [0.29, 0.717) is 46.8 Å². The maximum atomic E-state index is 12.6. The molecular weight excluding hydrogens is 444 g/mol. The van der Waals surface area contributed by atoms with Crippen LogP contribution in [0.3, 0.4) is 0 Å². The number of fused-ring (bicyclic) bond motifs is 2. The van der Waals surface area contributed by atoms with Gasteiger partial charge < -0.3 is 25.4 Å². The molecule has 0 unspecified atom stereocenters. The van der Waals surface area contributed by atoms with Crippen LogP contribution in [0, 0.1) is 0 Å². The van der Waals surface area contributed by atoms with Gasteiger partial charge in [0.2, 0.25) is 11.8 Å². The van der Waals surface area contributed by atoms with Crippen molar-refractivity contribution < 1.29 is 23.9 Å². The molecule has 0 bridgehead atoms. The SMILES string of the molecule is O=C(C[C@H]1NC(=O)c2ccccc2NC1=O)Nc1nc(-c2ccc3c(c2)OCCCO3)cs1. The number of thiazole rings is 1. The maximum absolute atomic E-state index is 12.6. The molecule has 0 saturated heterocycles. The number of hydrogen-bond donors (Lipinski definition) is 3. The number of hydrogen-bond acceptors (Lipinski definition) is 7. The molecular formula is C23H20N4O5S. The monoisotopic (exact) mass is 464 g/mol. The van der Waals surface area contributed by atoms with Crippen LogP contribution in [0.25, 0.3) is 11.3 Å². The second-order valence-electron chi connectivity index (χ2n) is 7.56. The van der Waals surface area contributed by atoms with Gasteiger partial charge in [0, 0.05) is 17.4 Å². The quantitative estimate of drug-likeness (QED) is 0.546. The van der Waals surface area contributed by atoms with Gasteiger partial charge in [-0.15, -0.1) is 11.3 Å². The minimum absolute atomic E-state index is 0.218. The molecule has 33 heavy (non-hydrogen) atoms. The average molecular weight is 465 g/mol. The Kier molecular flexibility index (Phi) is 5.66. The number of nitrogens with one attached hydrogen (secondary N) is 3. The van der Waals surface area contributed by atoms with Gasteiger partial charge in [-0.05, 0) is 30.3 Å². The van der Waals surface area contributed by atoms with Crippen LogP contribution in [-0.2, 0) is 9.59 Å². The summed E-state index contributed by atoms with van der Waals surface area (Å²) >= 11 is 1.27. The van der Waals surface area contributed by atoms with Gasteiger partial charge in [0.25, 0.3) is 5.91 Å². The Morgan fingerprint density at radius 3 is 2.82 bits per heavy atom. The van der Waals surface area contributed by atoms with Crippen LogP contribution in [0.15, 0.2) is 47.8 Å². The molecule has 2 aliphatic heterocycles. The van der Waals surface area contributed by atoms with E-state index in [1.807, 2.05) is 23.6 Å². The van der Waals surface area contributed by atoms with Gasteiger partial charge in [0.1, 0.15) is 6.04 Å². The van der Waals surface area contributed by atoms with Crippen LogP contribution in [0.1, 0.15) is 23.2 Å². The first-order valence-corrected chi connectivity index (χ1v) is 11.3. The first-order valence-electron chi connectivity index (χ1n) is 10.4. The number of carbonyl (C=O) groups excluding carboxylic acids is 3. The Labute approximate surface area is 193 Å². The second kappa shape index (κ2) is 8.91. The molecule has 0 radical (unpaired) electrons. The Morgan fingerprint density at radius 2 is 1.94 bits per heavy atom. The van der Waals surface area contributed by atoms with Crippen molar-refractivity contribution in [3.63, 3.8) is 0 Å². The fourth-order valence-corrected chi connectivity index (χ4v) is 4.33. The van der Waals surface area contributed by atoms with Crippen molar-refractivity contribution in [2.75, 3.05) is 23.8 Å². The maximum Gasteiger partial charge on any atom is 0.254 e. The Balaban J connectivity index is 1.25. The molecule has 1 aromatic heterocycles. The second-order valence-corrected chi connectivity index (χ2v) is 8.42. The van der Waals surface area contributed by atoms with Crippen molar-refractivity contribution in [2.24, 2.45) is 0 Å². The van der Waals surface area contributed by atoms with Crippen LogP contribution < -0.4 is 25.4 Å². The lowest BCUT2D eigenvalue weighted by molar-refractivity contribution is -0.122. The summed E-state index contributed by atoms with van der Waals surface area (Å²) in [5, 5.41) is 10.2. The number of rotatable bonds is 4. The largest absolute Gasteiger partial charge is 0.490 e. The number of anilines is 2. The van der Waals surface area contributed by atoms with E-state index in [1.54, 1.807) is 24.3 Å². The van der Waals surface area contributed by atoms with Crippen molar-refractivity contribution >= 4 is 39.9 Å². The van der Waals surface area contributed by atoms with E-state index in [9.17, 15) is 14.4 Å². The summed E-state index contributed by atoms with van der Waals surface area (Å²) in [5.74, 6) is 0.0784. The number of para-hydroxylation sites is 1. The molecule has 168 valence electrons. The summed E-state index contributed by atoms with van der Waals surface area (Å²) in [7, 11) is 0. The minimum Gasteiger partial charge on any atom is -0.490 e. The lowest BCUT2D eigenvalue weighted by atomic mass is 10.1. The molecule has 0 saturated carbocycles. The van der Waals surface area contributed by atoms with E-state index in [0.717, 1.165) is 12.0 Å². The highest BCUT2D eigenvalue weighted by atomic mass is 32.1. The van der Waals surface area contributed by atoms with Gasteiger partial charge in [0.15, 0.2) is 16.6 Å². The molecule has 3 heterocycles. The molecule has 5 rings (SSSR count). The topological polar surface area (TPSA) is 119 Å². The highest BCUT2D eigenvalue weighted by Gasteiger charge is 2.29. The smallest absolute Gasteiger partial charge is 0.254 e. The number of amides is 3. The first-order chi connectivity index (χ1) is 16.1. The standard InChI is InChI=1S/C23H20N4O5S/c28-20(11-16-22(30)24-15-5-2-1-4-14(15)21(29)25-16)27-23-26-17(12-33-23)13-6-7-18-19(10-13)32-9-3-8-31-18/h1-2,4-7,10,12,16H,3,8-9,11H2,(H,24,30)(H,25,29)(H,26,27,28)/t16-/m1/s1. The van der Waals surface area contributed by atoms with E-state index in [4.69, 9.17) is 9.47 Å². The Morgan fingerprint density at radius 1 is 1.12 bits per heavy atom. The Hall–Kier alpha value is -3.92. The summed E-state index contributed by atoms with van der Waals surface area (Å²) in [6, 6.07) is 11.3. The van der Waals surface area contributed by atoms with Crippen LogP contribution in [0.2, 0.25) is 0 Å². The van der Waals surface area contributed by atoms with E-state index >= 15 is 0 Å². The highest BCUT2D eigenvalue weighted by Crippen LogP contribution is 2.35. The molecule has 10 heteroatoms. The fourth-order valence-electron chi connectivity index (χ4n) is 3.60. The average Bonchev–Trinajstić information content (AvgIpc) is 3.08. The van der Waals surface area contributed by atoms with Crippen molar-refractivity contribution in [3.05, 3.63) is 53.4 Å². The zero-order valence-electron chi connectivity index (χ0n) is 17.4. The molecule has 3 amide bonds. The third-order valence-corrected chi connectivity index (χ3v) is 5.99. The third kappa shape index (κ3) is 4.51. The number of carbonyl (C=O) groups is 3. The van der Waals surface area contributed by atoms with Gasteiger partial charge in [0.05, 0.1) is 36.6 Å². The predicted octanol–water partition coefficient (Wildman–Crippen LogP) is 3.05. The summed E-state index contributed by atoms with van der Waals surface area (Å²) < 4.78 is 11.4. The lowest BCUT2D eigenvalue weighted by Crippen LogP contribution is -2.43. The van der Waals surface area contributed by atoms with Gasteiger partial charge >= 0.3 is 0 Å². The van der Waals surface area contributed by atoms with Crippen LogP contribution in [-0.4, -0.2) is 42.0 Å². The van der Waals surface area contributed by atoms with Gasteiger partial charge in [-0.1, -0.05) is 12.1 Å². The summed E-state index contributed by atoms with van der Waals surface area (Å²) in [6.45, 7) is 1.20. The normalized spacial score (nSPS) is 17.2. The number of ether oxygens (including phenoxy) is 2. The number of nitrogens with zero attached hydrogens (tertiary/aromatic N) is 1. The number of aromatic nitrogens is 1. The molecule has 2 aromatic carbocycles. The molecule has 9 nitrogen and oxygen atoms in total. The molecule has 3 N–H and O–H groups in total. The van der Waals surface area contributed by atoms with E-state index in [1.165, 1.54) is 11.3 Å². The van der Waals surface area contributed by atoms with Crippen molar-refractivity contribution in [2.45, 2.75) is 18.9 Å². The van der Waals surface area contributed by atoms with Crippen molar-refractivity contribution in [1.82, 2.24) is 10.3 Å². The third-order valence-electron chi connectivity index (χ3n) is 5.23. The van der Waals surface area contributed by atoms with E-state index in [-0.39, 0.29) is 6.42 Å². The van der Waals surface area contributed by atoms with Crippen LogP contribution in [0.4, 0.5) is 10.8 Å². The molecule has 3 aromatic rings. The molecule has 2 aliphatic rings. The van der Waals surface area contributed by atoms with Gasteiger partial charge in [-0.2, -0.15) is 0 Å². The zero-order valence-corrected chi connectivity index (χ0v) is 18.2. The predicted molar refractivity (Wildman–Crippen MR) is 123 cm³/mol. The van der Waals surface area contributed by atoms with Crippen LogP contribution in [0.5, 0.6) is 11.5 Å². The van der Waals surface area contributed by atoms with Crippen LogP contribution >= 0.6 is 11.3 Å². The van der Waals surface area contributed by atoms with Gasteiger partial charge in [-0.3, -0.25) is 14.4 Å². The minimum atomic E-state index is -0.994. The summed E-state index contributed by atoms with van der Waals surface area (Å²) in [6.07, 6.45) is 0.604. The molecule has 1 atom stereocenters. The lowest BCUT2D eigenvalue weighted by Gasteiger charge is -2.13. The van der Waals surface area contributed by atoms with Crippen molar-refractivity contribution in [1.29, 1.82) is 0 Å². The zero-order chi connectivity index (χ0) is 22.8. The van der Waals surface area contributed by atoms with E-state index in [2.05, 4.69) is 20.9 Å². The summed E-state index contributed by atoms with van der Waals surface area (Å²) in [5.41, 5.74) is 2.29. The van der Waals surface area contributed by atoms with Gasteiger partial charge in [-0.25, -0.2) is 4.98 Å². The highest BCUT2D eigenvalue weighted by molar-refractivity contribution is 7.14. The Bertz CT molecular complexity index is 1240. The number of benzene rings is 2.